The first-order chi connectivity index (χ1) is 22.1. The van der Waals surface area contributed by atoms with E-state index < -0.39 is 29.4 Å². The molecule has 15 heteroatoms. The lowest BCUT2D eigenvalue weighted by atomic mass is 9.95. The van der Waals surface area contributed by atoms with Gasteiger partial charge in [0, 0.05) is 37.5 Å². The summed E-state index contributed by atoms with van der Waals surface area (Å²) in [5, 5.41) is 10.2. The smallest absolute Gasteiger partial charge is 0.319 e. The Kier molecular flexibility index (Phi) is 6.69. The number of thiophene rings is 1. The van der Waals surface area contributed by atoms with Crippen molar-refractivity contribution in [3.63, 3.8) is 0 Å². The van der Waals surface area contributed by atoms with Crippen LogP contribution in [0.5, 0.6) is 11.8 Å². The van der Waals surface area contributed by atoms with E-state index >= 15 is 4.39 Å². The molecule has 6 heterocycles. The van der Waals surface area contributed by atoms with Crippen molar-refractivity contribution in [2.45, 2.75) is 43.1 Å². The van der Waals surface area contributed by atoms with Crippen LogP contribution < -0.4 is 20.1 Å². The van der Waals surface area contributed by atoms with Gasteiger partial charge >= 0.3 is 6.01 Å². The first kappa shape index (κ1) is 29.3. The molecule has 8 rings (SSSR count). The summed E-state index contributed by atoms with van der Waals surface area (Å²) in [7, 11) is 1.77. The lowest BCUT2D eigenvalue weighted by Crippen LogP contribution is -2.44. The molecule has 0 spiro atoms. The minimum absolute atomic E-state index is 0.00423. The Bertz CT molecular complexity index is 2010. The highest BCUT2D eigenvalue weighted by molar-refractivity contribution is 7.23. The maximum atomic E-state index is 17.0. The van der Waals surface area contributed by atoms with Crippen LogP contribution in [0, 0.1) is 23.0 Å². The molecule has 238 valence electrons. The van der Waals surface area contributed by atoms with Gasteiger partial charge in [-0.15, -0.1) is 11.3 Å². The fraction of sp³-hybridized carbons (Fsp3) is 0.419. The van der Waals surface area contributed by atoms with Gasteiger partial charge in [0.15, 0.2) is 11.6 Å². The van der Waals surface area contributed by atoms with Gasteiger partial charge in [-0.05, 0) is 31.0 Å². The van der Waals surface area contributed by atoms with E-state index in [1.807, 2.05) is 11.0 Å². The minimum atomic E-state index is -0.962. The van der Waals surface area contributed by atoms with Crippen LogP contribution in [0.3, 0.4) is 0 Å². The van der Waals surface area contributed by atoms with Crippen LogP contribution in [0.2, 0.25) is 5.02 Å². The Labute approximate surface area is 270 Å². The zero-order valence-corrected chi connectivity index (χ0v) is 26.1. The van der Waals surface area contributed by atoms with Gasteiger partial charge < -0.3 is 25.0 Å². The number of nitriles is 1. The van der Waals surface area contributed by atoms with E-state index in [2.05, 4.69) is 9.88 Å². The molecule has 0 radical (unpaired) electrons. The number of aromatic nitrogens is 2. The third-order valence-electron chi connectivity index (χ3n) is 9.89. The molecule has 3 fully saturated rings. The molecule has 4 aliphatic heterocycles. The van der Waals surface area contributed by atoms with E-state index in [9.17, 15) is 18.8 Å². The number of anilines is 2. The summed E-state index contributed by atoms with van der Waals surface area (Å²) in [6, 6.07) is 4.06. The maximum Gasteiger partial charge on any atom is 0.319 e. The first-order valence-corrected chi connectivity index (χ1v) is 16.1. The summed E-state index contributed by atoms with van der Waals surface area (Å²) in [6.45, 7) is 1.80. The van der Waals surface area contributed by atoms with Crippen molar-refractivity contribution in [3.8, 4) is 29.0 Å². The van der Waals surface area contributed by atoms with E-state index in [-0.39, 0.29) is 78.7 Å². The van der Waals surface area contributed by atoms with Gasteiger partial charge in [-0.25, -0.2) is 13.2 Å². The average molecular weight is 670 g/mol. The van der Waals surface area contributed by atoms with Crippen LogP contribution in [0.15, 0.2) is 12.1 Å². The molecule has 0 saturated carbocycles. The van der Waals surface area contributed by atoms with Crippen LogP contribution in [0.25, 0.3) is 32.1 Å². The molecule has 3 saturated heterocycles. The fourth-order valence-electron chi connectivity index (χ4n) is 7.73. The van der Waals surface area contributed by atoms with Crippen LogP contribution in [0.4, 0.5) is 24.0 Å². The summed E-state index contributed by atoms with van der Waals surface area (Å²) >= 11 is 7.91. The van der Waals surface area contributed by atoms with Gasteiger partial charge in [-0.2, -0.15) is 15.2 Å². The Hall–Kier alpha value is -4.06. The average Bonchev–Trinajstić information content (AvgIpc) is 3.77. The van der Waals surface area contributed by atoms with Crippen molar-refractivity contribution in [1.82, 2.24) is 19.8 Å². The zero-order valence-electron chi connectivity index (χ0n) is 24.5. The van der Waals surface area contributed by atoms with Crippen LogP contribution >= 0.6 is 22.9 Å². The number of rotatable bonds is 5. The number of benzene rings is 2. The van der Waals surface area contributed by atoms with Gasteiger partial charge in [0.05, 0.1) is 38.8 Å². The molecule has 4 aliphatic rings. The molecule has 10 nitrogen and oxygen atoms in total. The molecule has 2 unspecified atom stereocenters. The molecule has 0 aliphatic carbocycles. The van der Waals surface area contributed by atoms with Crippen molar-refractivity contribution < 1.29 is 27.4 Å². The lowest BCUT2D eigenvalue weighted by Gasteiger charge is -2.31. The molecule has 4 aromatic rings. The quantitative estimate of drug-likeness (QED) is 0.296. The summed E-state index contributed by atoms with van der Waals surface area (Å²) in [4.78, 5) is 26.5. The number of amides is 1. The van der Waals surface area contributed by atoms with Crippen molar-refractivity contribution in [1.29, 1.82) is 5.26 Å². The Balaban J connectivity index is 1.35. The largest absolute Gasteiger partial charge is 0.484 e. The number of halogens is 4. The normalized spacial score (nSPS) is 25.4. The molecule has 1 amide bonds. The predicted molar refractivity (Wildman–Crippen MR) is 167 cm³/mol. The topological polar surface area (TPSA) is 121 Å². The second kappa shape index (κ2) is 10.5. The number of carbonyl (C=O) groups is 1. The number of hydrogen-bond acceptors (Lipinski definition) is 10. The van der Waals surface area contributed by atoms with Gasteiger partial charge in [0.1, 0.15) is 47.1 Å². The number of hydrogen-bond donors (Lipinski definition) is 1. The number of likely N-dealkylation sites (N-methyl/N-ethyl adjacent to an activating group) is 1. The Morgan fingerprint density at radius 2 is 2.11 bits per heavy atom. The van der Waals surface area contributed by atoms with Gasteiger partial charge in [-0.1, -0.05) is 17.7 Å². The van der Waals surface area contributed by atoms with E-state index in [0.29, 0.717) is 25.3 Å². The first-order valence-electron chi connectivity index (χ1n) is 14.9. The maximum absolute atomic E-state index is 17.0. The summed E-state index contributed by atoms with van der Waals surface area (Å²) in [5.41, 5.74) is 5.43. The number of alkyl halides is 1. The monoisotopic (exact) mass is 669 g/mol. The number of nitrogen functional groups attached to an aromatic ring is 1. The third kappa shape index (κ3) is 4.14. The number of nitrogens with zero attached hydrogens (tertiary/aromatic N) is 6. The Morgan fingerprint density at radius 3 is 2.89 bits per heavy atom. The minimum Gasteiger partial charge on any atom is -0.484 e. The molecule has 2 aromatic heterocycles. The van der Waals surface area contributed by atoms with Crippen molar-refractivity contribution in [2.24, 2.45) is 0 Å². The number of nitrogens with two attached hydrogens (primary N) is 1. The summed E-state index contributed by atoms with van der Waals surface area (Å²) < 4.78 is 59.2. The van der Waals surface area contributed by atoms with E-state index in [1.54, 1.807) is 11.9 Å². The predicted octanol–water partition coefficient (Wildman–Crippen LogP) is 4.89. The zero-order chi connectivity index (χ0) is 32.1. The molecule has 46 heavy (non-hydrogen) atoms. The summed E-state index contributed by atoms with van der Waals surface area (Å²) in [6.07, 6.45) is 1.22. The van der Waals surface area contributed by atoms with Crippen molar-refractivity contribution in [3.05, 3.63) is 34.4 Å². The molecule has 4 atom stereocenters. The second-order valence-corrected chi connectivity index (χ2v) is 13.8. The van der Waals surface area contributed by atoms with Crippen molar-refractivity contribution in [2.75, 3.05) is 50.5 Å². The number of fused-ring (bicyclic) bond motifs is 3. The highest BCUT2D eigenvalue weighted by atomic mass is 35.5. The number of carbonyl (C=O) groups excluding carboxylic acids is 1. The van der Waals surface area contributed by atoms with Gasteiger partial charge in [-0.3, -0.25) is 9.69 Å². The SMILES string of the molecule is CN1c2nc(OC[C@@]34CCCN3C[C@H](F)C4)nc3c(F)c(-c4ccc(F)c5sc(N)c(C#N)c45)c(Cl)c(c23)OC2CN(C=O)CC21. The van der Waals surface area contributed by atoms with E-state index in [0.717, 1.165) is 37.1 Å². The highest BCUT2D eigenvalue weighted by Gasteiger charge is 2.50. The second-order valence-electron chi connectivity index (χ2n) is 12.4. The number of ether oxygens (including phenoxy) is 2. The molecule has 2 aromatic carbocycles. The van der Waals surface area contributed by atoms with E-state index in [4.69, 9.17) is 31.8 Å². The Morgan fingerprint density at radius 1 is 1.28 bits per heavy atom. The van der Waals surface area contributed by atoms with Crippen LogP contribution in [-0.4, -0.2) is 89.9 Å². The molecule has 0 bridgehead atoms. The van der Waals surface area contributed by atoms with Crippen LogP contribution in [-0.2, 0) is 4.79 Å². The van der Waals surface area contributed by atoms with Crippen molar-refractivity contribution >= 4 is 61.2 Å². The summed E-state index contributed by atoms with van der Waals surface area (Å²) in [5.74, 6) is -1.07. The lowest BCUT2D eigenvalue weighted by molar-refractivity contribution is -0.117. The highest BCUT2D eigenvalue weighted by Crippen LogP contribution is 2.52. The van der Waals surface area contributed by atoms with Crippen LogP contribution in [0.1, 0.15) is 24.8 Å². The van der Waals surface area contributed by atoms with E-state index in [1.165, 1.54) is 12.1 Å². The molecule has 2 N–H and O–H groups in total. The standard InChI is InChI=1S/C31H27ClF3N7O3S/c1-40-18-10-41(13-43)11-19(18)45-26-22-25(38-30(39-29(22)40)44-12-31-5-2-6-42(31)9-14(33)7-31)24(35)21(23(26)32)15-3-4-17(34)27-20(15)16(8-36)28(37)46-27/h3-4,13-14,18-19H,2,5-7,9-12,37H2,1H3/t14-,18?,19?,31+/m1/s1. The molecular weight excluding hydrogens is 643 g/mol. The number of likely N-dealkylation sites (tertiary alicyclic amines) is 1. The van der Waals surface area contributed by atoms with Gasteiger partial charge in [0.2, 0.25) is 6.41 Å². The molecular formula is C31H27ClF3N7O3S. The fourth-order valence-corrected chi connectivity index (χ4v) is 9.00. The van der Waals surface area contributed by atoms with Gasteiger partial charge in [0.25, 0.3) is 0 Å². The third-order valence-corrected chi connectivity index (χ3v) is 11.3.